The summed E-state index contributed by atoms with van der Waals surface area (Å²) in [4.78, 5) is 25.0. The Kier molecular flexibility index (Phi) is 4.25. The van der Waals surface area contributed by atoms with Crippen molar-refractivity contribution in [2.75, 3.05) is 7.11 Å². The second kappa shape index (κ2) is 6.40. The first kappa shape index (κ1) is 17.3. The number of aromatic hydroxyl groups is 2. The molecule has 134 valence electrons. The van der Waals surface area contributed by atoms with Crippen LogP contribution in [0, 0.1) is 0 Å². The molecule has 0 radical (unpaired) electrons. The lowest BCUT2D eigenvalue weighted by Crippen LogP contribution is -2.40. The van der Waals surface area contributed by atoms with Gasteiger partial charge < -0.3 is 20.3 Å². The highest BCUT2D eigenvalue weighted by molar-refractivity contribution is 6.07. The maximum atomic E-state index is 12.7. The standard InChI is InChI=1S/C18H17N3O5/c1-18(12-4-7-14(26-2)8-5-12)16(24)21(17(25)20-18)19-10-11-3-6-13(22)9-15(11)23/h3-10,22-23H,1-2H3,(H,20,25)/b19-10+/t18-/m0/s1. The highest BCUT2D eigenvalue weighted by Crippen LogP contribution is 2.30. The molecule has 8 heteroatoms. The van der Waals surface area contributed by atoms with E-state index in [1.165, 1.54) is 25.5 Å². The Balaban J connectivity index is 1.87. The number of hydrogen-bond acceptors (Lipinski definition) is 6. The number of nitrogens with one attached hydrogen (secondary N) is 1. The molecule has 26 heavy (non-hydrogen) atoms. The van der Waals surface area contributed by atoms with E-state index in [-0.39, 0.29) is 17.1 Å². The molecule has 2 aromatic rings. The number of hydrazone groups is 1. The fourth-order valence-electron chi connectivity index (χ4n) is 2.61. The molecule has 0 aliphatic carbocycles. The van der Waals surface area contributed by atoms with Crippen LogP contribution in [0.3, 0.4) is 0 Å². The lowest BCUT2D eigenvalue weighted by atomic mass is 9.92. The van der Waals surface area contributed by atoms with Gasteiger partial charge >= 0.3 is 6.03 Å². The Morgan fingerprint density at radius 3 is 2.46 bits per heavy atom. The van der Waals surface area contributed by atoms with Crippen molar-refractivity contribution < 1.29 is 24.5 Å². The van der Waals surface area contributed by atoms with Crippen LogP contribution >= 0.6 is 0 Å². The van der Waals surface area contributed by atoms with Gasteiger partial charge in [-0.1, -0.05) is 12.1 Å². The van der Waals surface area contributed by atoms with Crippen molar-refractivity contribution in [3.05, 3.63) is 53.6 Å². The van der Waals surface area contributed by atoms with Crippen LogP contribution in [0.5, 0.6) is 17.2 Å². The molecular formula is C18H17N3O5. The summed E-state index contributed by atoms with van der Waals surface area (Å²) in [6.45, 7) is 1.59. The number of phenolic OH excluding ortho intramolecular Hbond substituents is 2. The van der Waals surface area contributed by atoms with Crippen LogP contribution in [-0.2, 0) is 10.3 Å². The number of carbonyl (C=O) groups excluding carboxylic acids is 2. The van der Waals surface area contributed by atoms with E-state index < -0.39 is 17.5 Å². The zero-order chi connectivity index (χ0) is 18.9. The molecule has 0 bridgehead atoms. The van der Waals surface area contributed by atoms with Gasteiger partial charge in [0, 0.05) is 11.6 Å². The third kappa shape index (κ3) is 2.92. The minimum absolute atomic E-state index is 0.110. The smallest absolute Gasteiger partial charge is 0.346 e. The highest BCUT2D eigenvalue weighted by atomic mass is 16.5. The van der Waals surface area contributed by atoms with E-state index in [4.69, 9.17) is 4.74 Å². The molecule has 1 saturated heterocycles. The van der Waals surface area contributed by atoms with E-state index in [1.54, 1.807) is 31.2 Å². The molecule has 3 rings (SSSR count). The molecule has 1 aliphatic heterocycles. The molecule has 0 spiro atoms. The first-order valence-electron chi connectivity index (χ1n) is 7.72. The molecule has 1 heterocycles. The van der Waals surface area contributed by atoms with Crippen molar-refractivity contribution in [1.29, 1.82) is 0 Å². The van der Waals surface area contributed by atoms with Crippen LogP contribution in [0.2, 0.25) is 0 Å². The molecule has 1 aliphatic rings. The Bertz CT molecular complexity index is 894. The third-order valence-electron chi connectivity index (χ3n) is 4.16. The summed E-state index contributed by atoms with van der Waals surface area (Å²) < 4.78 is 5.09. The topological polar surface area (TPSA) is 111 Å². The molecular weight excluding hydrogens is 338 g/mol. The summed E-state index contributed by atoms with van der Waals surface area (Å²) >= 11 is 0. The van der Waals surface area contributed by atoms with E-state index >= 15 is 0 Å². The number of ether oxygens (including phenoxy) is 1. The van der Waals surface area contributed by atoms with Gasteiger partial charge in [0.25, 0.3) is 5.91 Å². The lowest BCUT2D eigenvalue weighted by molar-refractivity contribution is -0.131. The van der Waals surface area contributed by atoms with Crippen molar-refractivity contribution in [3.63, 3.8) is 0 Å². The highest BCUT2D eigenvalue weighted by Gasteiger charge is 2.49. The van der Waals surface area contributed by atoms with E-state index in [9.17, 15) is 19.8 Å². The van der Waals surface area contributed by atoms with Crippen LogP contribution in [-0.4, -0.2) is 40.5 Å². The maximum absolute atomic E-state index is 12.7. The second-order valence-electron chi connectivity index (χ2n) is 5.89. The van der Waals surface area contributed by atoms with E-state index in [2.05, 4.69) is 10.4 Å². The van der Waals surface area contributed by atoms with Gasteiger partial charge in [0.2, 0.25) is 0 Å². The Hall–Kier alpha value is -3.55. The zero-order valence-electron chi connectivity index (χ0n) is 14.1. The predicted octanol–water partition coefficient (Wildman–Crippen LogP) is 1.91. The number of hydrogen-bond donors (Lipinski definition) is 3. The van der Waals surface area contributed by atoms with Crippen LogP contribution < -0.4 is 10.1 Å². The summed E-state index contributed by atoms with van der Waals surface area (Å²) in [6.07, 6.45) is 1.17. The first-order valence-corrected chi connectivity index (χ1v) is 7.72. The summed E-state index contributed by atoms with van der Waals surface area (Å²) in [5, 5.41) is 26.3. The fourth-order valence-corrected chi connectivity index (χ4v) is 2.61. The summed E-state index contributed by atoms with van der Waals surface area (Å²) in [6, 6.07) is 9.99. The molecule has 0 unspecified atom stereocenters. The van der Waals surface area contributed by atoms with Gasteiger partial charge in [0.05, 0.1) is 13.3 Å². The number of methoxy groups -OCH3 is 1. The van der Waals surface area contributed by atoms with Gasteiger partial charge in [0.15, 0.2) is 0 Å². The number of benzene rings is 2. The number of imide groups is 1. The lowest BCUT2D eigenvalue weighted by Gasteiger charge is -2.21. The number of phenols is 2. The Morgan fingerprint density at radius 1 is 1.15 bits per heavy atom. The average molecular weight is 355 g/mol. The zero-order valence-corrected chi connectivity index (χ0v) is 14.1. The van der Waals surface area contributed by atoms with E-state index in [1.807, 2.05) is 0 Å². The molecule has 3 N–H and O–H groups in total. The summed E-state index contributed by atoms with van der Waals surface area (Å²) in [5.74, 6) is -0.255. The second-order valence-corrected chi connectivity index (χ2v) is 5.89. The molecule has 2 aromatic carbocycles. The summed E-state index contributed by atoms with van der Waals surface area (Å²) in [7, 11) is 1.54. The Labute approximate surface area is 149 Å². The minimum Gasteiger partial charge on any atom is -0.508 e. The number of urea groups is 1. The number of rotatable bonds is 4. The van der Waals surface area contributed by atoms with E-state index in [0.29, 0.717) is 16.3 Å². The van der Waals surface area contributed by atoms with Crippen molar-refractivity contribution >= 4 is 18.2 Å². The van der Waals surface area contributed by atoms with Gasteiger partial charge in [-0.15, -0.1) is 5.01 Å². The SMILES string of the molecule is COc1ccc([C@]2(C)NC(=O)N(/N=C/c3ccc(O)cc3O)C2=O)cc1. The largest absolute Gasteiger partial charge is 0.508 e. The normalized spacial score (nSPS) is 19.8. The minimum atomic E-state index is -1.27. The van der Waals surface area contributed by atoms with Crippen LogP contribution in [0.4, 0.5) is 4.79 Å². The predicted molar refractivity (Wildman–Crippen MR) is 93.1 cm³/mol. The van der Waals surface area contributed by atoms with E-state index in [0.717, 1.165) is 6.07 Å². The van der Waals surface area contributed by atoms with Crippen LogP contribution in [0.25, 0.3) is 0 Å². The van der Waals surface area contributed by atoms with Crippen molar-refractivity contribution in [2.45, 2.75) is 12.5 Å². The monoisotopic (exact) mass is 355 g/mol. The number of amides is 3. The van der Waals surface area contributed by atoms with Crippen molar-refractivity contribution in [2.24, 2.45) is 5.10 Å². The number of carbonyl (C=O) groups is 2. The molecule has 0 saturated carbocycles. The van der Waals surface area contributed by atoms with Crippen LogP contribution in [0.1, 0.15) is 18.1 Å². The quantitative estimate of drug-likeness (QED) is 0.573. The maximum Gasteiger partial charge on any atom is 0.346 e. The number of nitrogens with zero attached hydrogens (tertiary/aromatic N) is 2. The van der Waals surface area contributed by atoms with Crippen molar-refractivity contribution in [3.8, 4) is 17.2 Å². The molecule has 0 aromatic heterocycles. The molecule has 1 fully saturated rings. The average Bonchev–Trinajstić information content (AvgIpc) is 2.84. The first-order chi connectivity index (χ1) is 12.3. The van der Waals surface area contributed by atoms with Gasteiger partial charge in [-0.25, -0.2) is 4.79 Å². The van der Waals surface area contributed by atoms with Gasteiger partial charge in [0.1, 0.15) is 22.8 Å². The summed E-state index contributed by atoms with van der Waals surface area (Å²) in [5.41, 5.74) is -0.430. The Morgan fingerprint density at radius 2 is 1.85 bits per heavy atom. The van der Waals surface area contributed by atoms with Gasteiger partial charge in [-0.2, -0.15) is 5.10 Å². The third-order valence-corrected chi connectivity index (χ3v) is 4.16. The van der Waals surface area contributed by atoms with Gasteiger partial charge in [-0.3, -0.25) is 4.79 Å². The van der Waals surface area contributed by atoms with Gasteiger partial charge in [-0.05, 0) is 36.8 Å². The molecule has 8 nitrogen and oxygen atoms in total. The van der Waals surface area contributed by atoms with Crippen molar-refractivity contribution in [1.82, 2.24) is 10.3 Å². The van der Waals surface area contributed by atoms with Crippen LogP contribution in [0.15, 0.2) is 47.6 Å². The molecule has 3 amide bonds. The fraction of sp³-hybridized carbons (Fsp3) is 0.167. The molecule has 1 atom stereocenters.